The third-order valence-electron chi connectivity index (χ3n) is 2.84. The molecule has 2 N–H and O–H groups in total. The van der Waals surface area contributed by atoms with E-state index < -0.39 is 10.0 Å². The molecule has 0 aliphatic heterocycles. The molecule has 6 nitrogen and oxygen atoms in total. The molecule has 0 aromatic carbocycles. The topological polar surface area (TPSA) is 76.0 Å². The molecule has 0 fully saturated rings. The third kappa shape index (κ3) is 4.63. The predicted molar refractivity (Wildman–Crippen MR) is 83.5 cm³/mol. The van der Waals surface area contributed by atoms with Gasteiger partial charge in [-0.3, -0.25) is 4.68 Å². The van der Waals surface area contributed by atoms with Gasteiger partial charge in [-0.2, -0.15) is 5.10 Å². The van der Waals surface area contributed by atoms with Crippen LogP contribution < -0.4 is 10.0 Å². The van der Waals surface area contributed by atoms with Crippen molar-refractivity contribution >= 4 is 21.4 Å². The van der Waals surface area contributed by atoms with E-state index in [0.29, 0.717) is 23.2 Å². The fourth-order valence-electron chi connectivity index (χ4n) is 1.71. The van der Waals surface area contributed by atoms with Gasteiger partial charge in [0.25, 0.3) is 0 Å². The van der Waals surface area contributed by atoms with Crippen LogP contribution in [0.5, 0.6) is 0 Å². The second-order valence-electron chi connectivity index (χ2n) is 5.09. The van der Waals surface area contributed by atoms with Gasteiger partial charge in [0, 0.05) is 36.1 Å². The second kappa shape index (κ2) is 6.69. The van der Waals surface area contributed by atoms with E-state index in [-0.39, 0.29) is 6.54 Å². The third-order valence-corrected chi connectivity index (χ3v) is 5.30. The van der Waals surface area contributed by atoms with Gasteiger partial charge >= 0.3 is 0 Å². The van der Waals surface area contributed by atoms with Crippen LogP contribution in [-0.4, -0.2) is 24.2 Å². The highest BCUT2D eigenvalue weighted by atomic mass is 32.2. The van der Waals surface area contributed by atoms with E-state index in [4.69, 9.17) is 0 Å². The lowest BCUT2D eigenvalue weighted by atomic mass is 10.4. The Labute approximate surface area is 129 Å². The standard InChI is InChI=1S/C13H20N4O2S2/c1-10(2)14-8-12-6-13(9-20-12)21(18,19)15-7-11-4-5-17(3)16-11/h4-6,9-10,14-15H,7-8H2,1-3H3. The molecule has 8 heteroatoms. The molecule has 0 amide bonds. The van der Waals surface area contributed by atoms with Crippen molar-refractivity contribution in [1.82, 2.24) is 19.8 Å². The first-order valence-electron chi connectivity index (χ1n) is 6.66. The average molecular weight is 328 g/mol. The summed E-state index contributed by atoms with van der Waals surface area (Å²) < 4.78 is 28.6. The van der Waals surface area contributed by atoms with E-state index >= 15 is 0 Å². The van der Waals surface area contributed by atoms with Crippen molar-refractivity contribution in [3.8, 4) is 0 Å². The Morgan fingerprint density at radius 3 is 2.76 bits per heavy atom. The summed E-state index contributed by atoms with van der Waals surface area (Å²) in [5.74, 6) is 0. The zero-order valence-corrected chi connectivity index (χ0v) is 14.0. The van der Waals surface area contributed by atoms with Crippen molar-refractivity contribution in [2.45, 2.75) is 37.9 Å². The summed E-state index contributed by atoms with van der Waals surface area (Å²) in [6.07, 6.45) is 1.78. The van der Waals surface area contributed by atoms with Crippen molar-refractivity contribution in [2.24, 2.45) is 7.05 Å². The molecular weight excluding hydrogens is 308 g/mol. The van der Waals surface area contributed by atoms with Gasteiger partial charge in [-0.15, -0.1) is 11.3 Å². The minimum Gasteiger partial charge on any atom is -0.310 e. The van der Waals surface area contributed by atoms with Gasteiger partial charge in [0.15, 0.2) is 0 Å². The second-order valence-corrected chi connectivity index (χ2v) is 7.85. The van der Waals surface area contributed by atoms with Crippen molar-refractivity contribution in [3.63, 3.8) is 0 Å². The van der Waals surface area contributed by atoms with Gasteiger partial charge in [-0.1, -0.05) is 13.8 Å². The minimum absolute atomic E-state index is 0.193. The lowest BCUT2D eigenvalue weighted by molar-refractivity contribution is 0.579. The predicted octanol–water partition coefficient (Wildman–Crippen LogP) is 1.46. The fourth-order valence-corrected chi connectivity index (χ4v) is 3.93. The van der Waals surface area contributed by atoms with Gasteiger partial charge in [0.2, 0.25) is 10.0 Å². The molecule has 0 atom stereocenters. The first kappa shape index (κ1) is 16.2. The molecule has 116 valence electrons. The molecule has 2 rings (SSSR count). The summed E-state index contributed by atoms with van der Waals surface area (Å²) in [6.45, 7) is 4.98. The van der Waals surface area contributed by atoms with Gasteiger partial charge in [0.1, 0.15) is 0 Å². The van der Waals surface area contributed by atoms with Crippen LogP contribution in [-0.2, 0) is 30.2 Å². The van der Waals surface area contributed by atoms with Gasteiger partial charge < -0.3 is 5.32 Å². The average Bonchev–Trinajstić information content (AvgIpc) is 3.03. The maximum absolute atomic E-state index is 12.2. The summed E-state index contributed by atoms with van der Waals surface area (Å²) in [5.41, 5.74) is 0.693. The number of aryl methyl sites for hydroxylation is 1. The van der Waals surface area contributed by atoms with Crippen LogP contribution in [0.1, 0.15) is 24.4 Å². The van der Waals surface area contributed by atoms with Crippen molar-refractivity contribution in [2.75, 3.05) is 0 Å². The fraction of sp³-hybridized carbons (Fsp3) is 0.462. The summed E-state index contributed by atoms with van der Waals surface area (Å²) in [5, 5.41) is 9.08. The van der Waals surface area contributed by atoms with Gasteiger partial charge in [-0.25, -0.2) is 13.1 Å². The Morgan fingerprint density at radius 1 is 1.38 bits per heavy atom. The number of aromatic nitrogens is 2. The summed E-state index contributed by atoms with van der Waals surface area (Å²) in [7, 11) is -1.69. The molecule has 0 bridgehead atoms. The molecule has 2 heterocycles. The molecule has 0 radical (unpaired) electrons. The first-order valence-corrected chi connectivity index (χ1v) is 9.02. The Morgan fingerprint density at radius 2 is 2.14 bits per heavy atom. The maximum Gasteiger partial charge on any atom is 0.241 e. The smallest absolute Gasteiger partial charge is 0.241 e. The molecule has 0 spiro atoms. The molecule has 2 aromatic rings. The Bertz CT molecular complexity index is 689. The number of thiophene rings is 1. The van der Waals surface area contributed by atoms with Gasteiger partial charge in [0.05, 0.1) is 17.1 Å². The van der Waals surface area contributed by atoms with E-state index in [0.717, 1.165) is 4.88 Å². The molecule has 21 heavy (non-hydrogen) atoms. The molecule has 0 saturated carbocycles. The molecule has 0 unspecified atom stereocenters. The van der Waals surface area contributed by atoms with E-state index in [1.165, 1.54) is 11.3 Å². The zero-order valence-electron chi connectivity index (χ0n) is 12.3. The van der Waals surface area contributed by atoms with Crippen LogP contribution in [0.2, 0.25) is 0 Å². The number of rotatable bonds is 7. The molecule has 0 saturated heterocycles. The van der Waals surface area contributed by atoms with Crippen molar-refractivity contribution < 1.29 is 8.42 Å². The zero-order chi connectivity index (χ0) is 15.5. The number of nitrogens with zero attached hydrogens (tertiary/aromatic N) is 2. The Hall–Kier alpha value is -1.22. The highest BCUT2D eigenvalue weighted by Crippen LogP contribution is 2.19. The quantitative estimate of drug-likeness (QED) is 0.807. The summed E-state index contributed by atoms with van der Waals surface area (Å²) >= 11 is 1.44. The highest BCUT2D eigenvalue weighted by Gasteiger charge is 2.16. The first-order chi connectivity index (χ1) is 9.87. The SMILES string of the molecule is CC(C)NCc1cc(S(=O)(=O)NCc2ccn(C)n2)cs1. The van der Waals surface area contributed by atoms with Crippen LogP contribution in [0.4, 0.5) is 0 Å². The molecular formula is C13H20N4O2S2. The minimum atomic E-state index is -3.48. The number of nitrogens with one attached hydrogen (secondary N) is 2. The monoisotopic (exact) mass is 328 g/mol. The summed E-state index contributed by atoms with van der Waals surface area (Å²) in [6, 6.07) is 3.86. The lowest BCUT2D eigenvalue weighted by Crippen LogP contribution is -2.23. The number of hydrogen-bond donors (Lipinski definition) is 2. The maximum atomic E-state index is 12.2. The van der Waals surface area contributed by atoms with E-state index in [1.807, 2.05) is 0 Å². The Balaban J connectivity index is 1.99. The highest BCUT2D eigenvalue weighted by molar-refractivity contribution is 7.89. The normalized spacial score (nSPS) is 12.2. The van der Waals surface area contributed by atoms with E-state index in [1.54, 1.807) is 35.4 Å². The molecule has 0 aliphatic rings. The van der Waals surface area contributed by atoms with E-state index in [9.17, 15) is 8.42 Å². The molecule has 0 aliphatic carbocycles. The van der Waals surface area contributed by atoms with Crippen LogP contribution in [0.15, 0.2) is 28.6 Å². The lowest BCUT2D eigenvalue weighted by Gasteiger charge is -2.05. The van der Waals surface area contributed by atoms with Crippen LogP contribution >= 0.6 is 11.3 Å². The van der Waals surface area contributed by atoms with Crippen molar-refractivity contribution in [1.29, 1.82) is 0 Å². The van der Waals surface area contributed by atoms with Crippen LogP contribution in [0.3, 0.4) is 0 Å². The Kier molecular flexibility index (Phi) is 5.15. The summed E-state index contributed by atoms with van der Waals surface area (Å²) in [4.78, 5) is 1.31. The van der Waals surface area contributed by atoms with Gasteiger partial charge in [-0.05, 0) is 12.1 Å². The largest absolute Gasteiger partial charge is 0.310 e. The van der Waals surface area contributed by atoms with E-state index in [2.05, 4.69) is 29.0 Å². The van der Waals surface area contributed by atoms with Crippen molar-refractivity contribution in [3.05, 3.63) is 34.3 Å². The number of sulfonamides is 1. The number of hydrogen-bond acceptors (Lipinski definition) is 5. The molecule has 2 aromatic heterocycles. The van der Waals surface area contributed by atoms with Crippen LogP contribution in [0, 0.1) is 0 Å². The van der Waals surface area contributed by atoms with Crippen LogP contribution in [0.25, 0.3) is 0 Å².